The van der Waals surface area contributed by atoms with Gasteiger partial charge in [-0.1, -0.05) is 26.0 Å². The smallest absolute Gasteiger partial charge is 0.408 e. The number of carbonyl (C=O) groups excluding carboxylic acids is 1. The largest absolute Gasteiger partial charge is 0.444 e. The van der Waals surface area contributed by atoms with Crippen LogP contribution in [0, 0.1) is 5.92 Å². The number of hydrogen-bond acceptors (Lipinski definition) is 3. The number of hydrogen-bond donors (Lipinski definition) is 2. The fourth-order valence-electron chi connectivity index (χ4n) is 1.49. The fraction of sp³-hybridized carbons (Fsp3) is 0.786. The zero-order valence-electron chi connectivity index (χ0n) is 12.2. The number of amides is 1. The van der Waals surface area contributed by atoms with Gasteiger partial charge in [0.15, 0.2) is 0 Å². The number of aliphatic hydroxyl groups excluding tert-OH is 1. The van der Waals surface area contributed by atoms with Crippen LogP contribution in [0.5, 0.6) is 0 Å². The average Bonchev–Trinajstić information content (AvgIpc) is 2.13. The van der Waals surface area contributed by atoms with E-state index in [1.54, 1.807) is 0 Å². The second-order valence-electron chi connectivity index (χ2n) is 5.82. The van der Waals surface area contributed by atoms with Crippen LogP contribution in [0.3, 0.4) is 0 Å². The average molecular weight is 257 g/mol. The zero-order chi connectivity index (χ0) is 14.2. The van der Waals surface area contributed by atoms with Crippen LogP contribution in [0.25, 0.3) is 0 Å². The molecule has 1 atom stereocenters. The quantitative estimate of drug-likeness (QED) is 0.719. The fourth-order valence-corrected chi connectivity index (χ4v) is 1.49. The monoisotopic (exact) mass is 257 g/mol. The third-order valence-electron chi connectivity index (χ3n) is 2.09. The predicted molar refractivity (Wildman–Crippen MR) is 73.5 cm³/mol. The highest BCUT2D eigenvalue weighted by molar-refractivity contribution is 5.68. The van der Waals surface area contributed by atoms with E-state index in [4.69, 9.17) is 9.84 Å². The van der Waals surface area contributed by atoms with Crippen molar-refractivity contribution < 1.29 is 14.6 Å². The van der Waals surface area contributed by atoms with Crippen molar-refractivity contribution in [1.82, 2.24) is 5.32 Å². The van der Waals surface area contributed by atoms with Crippen LogP contribution < -0.4 is 5.32 Å². The summed E-state index contributed by atoms with van der Waals surface area (Å²) in [5.41, 5.74) is -0.485. The van der Waals surface area contributed by atoms with Crippen LogP contribution in [-0.4, -0.2) is 29.4 Å². The summed E-state index contributed by atoms with van der Waals surface area (Å²) >= 11 is 0. The Morgan fingerprint density at radius 1 is 1.39 bits per heavy atom. The lowest BCUT2D eigenvalue weighted by Crippen LogP contribution is -2.38. The van der Waals surface area contributed by atoms with Gasteiger partial charge in [-0.25, -0.2) is 4.79 Å². The van der Waals surface area contributed by atoms with Crippen molar-refractivity contribution in [2.45, 2.75) is 59.1 Å². The Morgan fingerprint density at radius 3 is 2.44 bits per heavy atom. The first-order valence-electron chi connectivity index (χ1n) is 6.51. The van der Waals surface area contributed by atoms with Crippen LogP contribution in [0.2, 0.25) is 0 Å². The van der Waals surface area contributed by atoms with Crippen LogP contribution >= 0.6 is 0 Å². The summed E-state index contributed by atoms with van der Waals surface area (Å²) in [6.45, 7) is 9.84. The van der Waals surface area contributed by atoms with E-state index >= 15 is 0 Å². The molecule has 0 aromatic carbocycles. The first kappa shape index (κ1) is 17.0. The third kappa shape index (κ3) is 10.1. The molecule has 0 unspecified atom stereocenters. The molecule has 0 saturated carbocycles. The molecule has 0 aliphatic carbocycles. The summed E-state index contributed by atoms with van der Waals surface area (Å²) in [6, 6.07) is -0.0496. The topological polar surface area (TPSA) is 58.6 Å². The molecule has 0 heterocycles. The van der Waals surface area contributed by atoms with Crippen LogP contribution in [0.15, 0.2) is 12.2 Å². The number of aliphatic hydroxyl groups is 1. The van der Waals surface area contributed by atoms with Gasteiger partial charge in [0.2, 0.25) is 0 Å². The summed E-state index contributed by atoms with van der Waals surface area (Å²) in [7, 11) is 0. The Morgan fingerprint density at radius 2 is 2.00 bits per heavy atom. The molecule has 18 heavy (non-hydrogen) atoms. The SMILES string of the molecule is CC(C)C[C@@H](C=CCCO)NC(=O)OC(C)(C)C. The van der Waals surface area contributed by atoms with Gasteiger partial charge in [0.1, 0.15) is 5.60 Å². The summed E-state index contributed by atoms with van der Waals surface area (Å²) < 4.78 is 5.22. The van der Waals surface area contributed by atoms with E-state index in [2.05, 4.69) is 19.2 Å². The molecule has 0 spiro atoms. The van der Waals surface area contributed by atoms with Crippen LogP contribution in [-0.2, 0) is 4.74 Å². The third-order valence-corrected chi connectivity index (χ3v) is 2.09. The van der Waals surface area contributed by atoms with Gasteiger partial charge in [-0.05, 0) is 39.5 Å². The molecule has 0 radical (unpaired) electrons. The van der Waals surface area contributed by atoms with Gasteiger partial charge in [-0.3, -0.25) is 0 Å². The molecular formula is C14H27NO3. The number of rotatable bonds is 6. The summed E-state index contributed by atoms with van der Waals surface area (Å²) in [6.07, 6.45) is 4.85. The van der Waals surface area contributed by atoms with Gasteiger partial charge in [-0.15, -0.1) is 0 Å². The lowest BCUT2D eigenvalue weighted by molar-refractivity contribution is 0.0510. The molecule has 106 valence electrons. The van der Waals surface area contributed by atoms with Crippen molar-refractivity contribution in [3.8, 4) is 0 Å². The molecule has 4 heteroatoms. The standard InChI is InChI=1S/C14H27NO3/c1-11(2)10-12(8-6-7-9-16)15-13(17)18-14(3,4)5/h6,8,11-12,16H,7,9-10H2,1-5H3,(H,15,17)/t12-/m1/s1. The van der Waals surface area contributed by atoms with Gasteiger partial charge < -0.3 is 15.2 Å². The highest BCUT2D eigenvalue weighted by Crippen LogP contribution is 2.10. The molecule has 4 nitrogen and oxygen atoms in total. The van der Waals surface area contributed by atoms with Gasteiger partial charge in [-0.2, -0.15) is 0 Å². The molecule has 0 bridgehead atoms. The summed E-state index contributed by atoms with van der Waals surface area (Å²) in [5.74, 6) is 0.476. The van der Waals surface area contributed by atoms with Gasteiger partial charge in [0, 0.05) is 6.61 Å². The minimum absolute atomic E-state index is 0.0496. The van der Waals surface area contributed by atoms with E-state index < -0.39 is 11.7 Å². The molecule has 0 aliphatic rings. The molecule has 0 saturated heterocycles. The molecule has 0 fully saturated rings. The molecule has 2 N–H and O–H groups in total. The van der Waals surface area contributed by atoms with Crippen molar-refractivity contribution in [1.29, 1.82) is 0 Å². The lowest BCUT2D eigenvalue weighted by atomic mass is 10.0. The van der Waals surface area contributed by atoms with E-state index in [9.17, 15) is 4.79 Å². The van der Waals surface area contributed by atoms with E-state index in [1.807, 2.05) is 32.9 Å². The zero-order valence-corrected chi connectivity index (χ0v) is 12.2. The number of carbonyl (C=O) groups is 1. The highest BCUT2D eigenvalue weighted by atomic mass is 16.6. The molecule has 0 aromatic rings. The summed E-state index contributed by atoms with van der Waals surface area (Å²) in [5, 5.41) is 11.6. The molecule has 1 amide bonds. The van der Waals surface area contributed by atoms with Crippen molar-refractivity contribution >= 4 is 6.09 Å². The van der Waals surface area contributed by atoms with E-state index in [0.717, 1.165) is 6.42 Å². The van der Waals surface area contributed by atoms with Crippen LogP contribution in [0.1, 0.15) is 47.5 Å². The number of nitrogens with one attached hydrogen (secondary N) is 1. The Kier molecular flexibility index (Phi) is 7.67. The highest BCUT2D eigenvalue weighted by Gasteiger charge is 2.18. The first-order valence-corrected chi connectivity index (χ1v) is 6.51. The van der Waals surface area contributed by atoms with Gasteiger partial charge in [0.05, 0.1) is 6.04 Å². The normalized spacial score (nSPS) is 13.9. The molecule has 0 aliphatic heterocycles. The predicted octanol–water partition coefficient (Wildman–Crippen LogP) is 2.86. The second kappa shape index (κ2) is 8.14. The first-order chi connectivity index (χ1) is 8.24. The van der Waals surface area contributed by atoms with Crippen LogP contribution in [0.4, 0.5) is 4.79 Å². The lowest BCUT2D eigenvalue weighted by Gasteiger charge is -2.23. The second-order valence-corrected chi connectivity index (χ2v) is 5.82. The van der Waals surface area contributed by atoms with Crippen molar-refractivity contribution in [3.05, 3.63) is 12.2 Å². The van der Waals surface area contributed by atoms with Crippen molar-refractivity contribution in [3.63, 3.8) is 0 Å². The molecule has 0 aromatic heterocycles. The van der Waals surface area contributed by atoms with E-state index in [0.29, 0.717) is 12.3 Å². The Balaban J connectivity index is 4.35. The molecular weight excluding hydrogens is 230 g/mol. The minimum Gasteiger partial charge on any atom is -0.444 e. The van der Waals surface area contributed by atoms with Gasteiger partial charge >= 0.3 is 6.09 Å². The van der Waals surface area contributed by atoms with Gasteiger partial charge in [0.25, 0.3) is 0 Å². The van der Waals surface area contributed by atoms with E-state index in [1.165, 1.54) is 0 Å². The maximum atomic E-state index is 11.7. The minimum atomic E-state index is -0.485. The van der Waals surface area contributed by atoms with Crippen molar-refractivity contribution in [2.75, 3.05) is 6.61 Å². The molecule has 0 rings (SSSR count). The Bertz CT molecular complexity index is 267. The number of alkyl carbamates (subject to hydrolysis) is 1. The Hall–Kier alpha value is -1.03. The number of ether oxygens (including phenoxy) is 1. The van der Waals surface area contributed by atoms with Crippen molar-refractivity contribution in [2.24, 2.45) is 5.92 Å². The van der Waals surface area contributed by atoms with E-state index in [-0.39, 0.29) is 12.6 Å². The summed E-state index contributed by atoms with van der Waals surface area (Å²) in [4.78, 5) is 11.7. The maximum absolute atomic E-state index is 11.7. The maximum Gasteiger partial charge on any atom is 0.408 e. The Labute approximate surface area is 110 Å².